The van der Waals surface area contributed by atoms with Gasteiger partial charge in [0, 0.05) is 33.9 Å². The summed E-state index contributed by atoms with van der Waals surface area (Å²) in [6.45, 7) is 0.634. The normalized spacial score (nSPS) is 30.6. The minimum atomic E-state index is -1.24. The topological polar surface area (TPSA) is 113 Å². The molecule has 162 valence electrons. The lowest BCUT2D eigenvalue weighted by atomic mass is 9.75. The van der Waals surface area contributed by atoms with Crippen molar-refractivity contribution in [3.05, 3.63) is 62.6 Å². The molecule has 0 bridgehead atoms. The van der Waals surface area contributed by atoms with Crippen LogP contribution >= 0.6 is 15.9 Å². The molecule has 0 unspecified atom stereocenters. The first-order valence-electron chi connectivity index (χ1n) is 10.4. The predicted octanol–water partition coefficient (Wildman–Crippen LogP) is 2.79. The zero-order chi connectivity index (χ0) is 22.4. The highest BCUT2D eigenvalue weighted by atomic mass is 79.9. The highest BCUT2D eigenvalue weighted by Crippen LogP contribution is 2.60. The number of halogens is 1. The Kier molecular flexibility index (Phi) is 3.95. The van der Waals surface area contributed by atoms with Gasteiger partial charge in [-0.05, 0) is 49.7 Å². The molecule has 6 rings (SSSR count). The van der Waals surface area contributed by atoms with Crippen molar-refractivity contribution in [1.82, 2.24) is 4.90 Å². The lowest BCUT2D eigenvalue weighted by Gasteiger charge is -2.36. The average Bonchev–Trinajstić information content (AvgIpc) is 3.47. The van der Waals surface area contributed by atoms with Gasteiger partial charge in [-0.3, -0.25) is 29.4 Å². The van der Waals surface area contributed by atoms with Crippen LogP contribution in [-0.4, -0.2) is 40.1 Å². The number of amides is 3. The number of fused-ring (bicyclic) bond motifs is 7. The van der Waals surface area contributed by atoms with E-state index >= 15 is 0 Å². The van der Waals surface area contributed by atoms with Crippen LogP contribution in [0.15, 0.2) is 46.9 Å². The minimum absolute atomic E-state index is 0.125. The van der Waals surface area contributed by atoms with Gasteiger partial charge in [-0.15, -0.1) is 0 Å². The minimum Gasteiger partial charge on any atom is -0.324 e. The van der Waals surface area contributed by atoms with Crippen LogP contribution in [0.2, 0.25) is 0 Å². The summed E-state index contributed by atoms with van der Waals surface area (Å²) in [6, 6.07) is 10.6. The average molecular weight is 497 g/mol. The number of benzene rings is 2. The number of nitro benzene ring substituents is 1. The summed E-state index contributed by atoms with van der Waals surface area (Å²) >= 11 is 3.48. The number of imide groups is 1. The van der Waals surface area contributed by atoms with Gasteiger partial charge in [0.15, 0.2) is 0 Å². The van der Waals surface area contributed by atoms with Crippen molar-refractivity contribution in [3.63, 3.8) is 0 Å². The third kappa shape index (κ3) is 2.23. The van der Waals surface area contributed by atoms with Crippen LogP contribution in [0.3, 0.4) is 0 Å². The number of nitrogens with one attached hydrogen (secondary N) is 1. The molecule has 2 aromatic carbocycles. The van der Waals surface area contributed by atoms with Crippen molar-refractivity contribution in [2.75, 3.05) is 16.8 Å². The van der Waals surface area contributed by atoms with Crippen LogP contribution < -0.4 is 10.2 Å². The molecule has 0 aliphatic carbocycles. The van der Waals surface area contributed by atoms with Gasteiger partial charge < -0.3 is 5.32 Å². The van der Waals surface area contributed by atoms with E-state index in [9.17, 15) is 24.5 Å². The highest BCUT2D eigenvalue weighted by molar-refractivity contribution is 9.10. The van der Waals surface area contributed by atoms with Crippen molar-refractivity contribution < 1.29 is 19.3 Å². The second-order valence-corrected chi connectivity index (χ2v) is 9.52. The Labute approximate surface area is 190 Å². The number of hydrogen-bond donors (Lipinski definition) is 1. The highest BCUT2D eigenvalue weighted by Gasteiger charge is 2.74. The number of nitro groups is 1. The van der Waals surface area contributed by atoms with Crippen LogP contribution in [0, 0.1) is 22.0 Å². The van der Waals surface area contributed by atoms with Gasteiger partial charge in [0.1, 0.15) is 5.54 Å². The van der Waals surface area contributed by atoms with E-state index in [4.69, 9.17) is 0 Å². The first-order valence-corrected chi connectivity index (χ1v) is 11.2. The molecular weight excluding hydrogens is 480 g/mol. The fraction of sp³-hybridized carbons (Fsp3) is 0.318. The summed E-state index contributed by atoms with van der Waals surface area (Å²) < 4.78 is 0.787. The predicted molar refractivity (Wildman–Crippen MR) is 117 cm³/mol. The lowest BCUT2D eigenvalue weighted by molar-refractivity contribution is -0.384. The Balaban J connectivity index is 1.51. The Hall–Kier alpha value is -3.11. The maximum atomic E-state index is 13.8. The maximum Gasteiger partial charge on any atom is 0.269 e. The Bertz CT molecular complexity index is 1230. The Morgan fingerprint density at radius 3 is 2.56 bits per heavy atom. The zero-order valence-electron chi connectivity index (χ0n) is 16.7. The first-order chi connectivity index (χ1) is 15.4. The smallest absolute Gasteiger partial charge is 0.269 e. The van der Waals surface area contributed by atoms with Crippen LogP contribution in [0.5, 0.6) is 0 Å². The van der Waals surface area contributed by atoms with Crippen LogP contribution in [0.4, 0.5) is 17.1 Å². The summed E-state index contributed by atoms with van der Waals surface area (Å²) in [4.78, 5) is 54.6. The van der Waals surface area contributed by atoms with E-state index in [-0.39, 0.29) is 29.2 Å². The number of carbonyl (C=O) groups excluding carboxylic acids is 3. The van der Waals surface area contributed by atoms with Crippen molar-refractivity contribution in [2.45, 2.75) is 24.4 Å². The molecule has 1 N–H and O–H groups in total. The molecule has 0 radical (unpaired) electrons. The molecule has 3 saturated heterocycles. The van der Waals surface area contributed by atoms with Crippen molar-refractivity contribution in [1.29, 1.82) is 0 Å². The summed E-state index contributed by atoms with van der Waals surface area (Å²) in [7, 11) is 0. The van der Waals surface area contributed by atoms with Gasteiger partial charge >= 0.3 is 0 Å². The number of rotatable bonds is 2. The third-order valence-corrected chi connectivity index (χ3v) is 7.77. The van der Waals surface area contributed by atoms with E-state index < -0.39 is 28.2 Å². The van der Waals surface area contributed by atoms with Crippen LogP contribution in [0.1, 0.15) is 18.4 Å². The standard InChI is InChI=1S/C22H17BrN4O5/c23-11-3-8-15-14(10-11)22(21(30)24-15)18-17(16-2-1-9-25(16)22)19(28)26(20(18)29)12-4-6-13(7-5-12)27(31)32/h3-8,10,16-18H,1-2,9H2,(H,24,30)/t16-,17-,18-,22+/m0/s1. The van der Waals surface area contributed by atoms with Crippen molar-refractivity contribution in [3.8, 4) is 0 Å². The molecule has 2 aromatic rings. The quantitative estimate of drug-likeness (QED) is 0.388. The van der Waals surface area contributed by atoms with E-state index in [2.05, 4.69) is 26.1 Å². The maximum absolute atomic E-state index is 13.8. The zero-order valence-corrected chi connectivity index (χ0v) is 18.2. The summed E-state index contributed by atoms with van der Waals surface area (Å²) in [5, 5.41) is 13.9. The molecular formula is C22H17BrN4O5. The SMILES string of the molecule is O=C1[C@@H]2[C@@H](C(=O)N1c1ccc([N+](=O)[O-])cc1)[C@]1(C(=O)Nc3ccc(Br)cc31)N1CCC[C@@H]21. The molecule has 4 heterocycles. The molecule has 4 atom stereocenters. The number of anilines is 2. The van der Waals surface area contributed by atoms with Gasteiger partial charge in [0.05, 0.1) is 22.4 Å². The second-order valence-electron chi connectivity index (χ2n) is 8.60. The summed E-state index contributed by atoms with van der Waals surface area (Å²) in [6.07, 6.45) is 1.57. The monoisotopic (exact) mass is 496 g/mol. The van der Waals surface area contributed by atoms with Gasteiger partial charge in [-0.1, -0.05) is 15.9 Å². The molecule has 3 fully saturated rings. The first kappa shape index (κ1) is 19.6. The Morgan fingerprint density at radius 1 is 1.09 bits per heavy atom. The molecule has 9 nitrogen and oxygen atoms in total. The number of non-ortho nitro benzene ring substituents is 1. The Morgan fingerprint density at radius 2 is 1.84 bits per heavy atom. The fourth-order valence-electron chi connectivity index (χ4n) is 6.15. The molecule has 1 spiro atoms. The van der Waals surface area contributed by atoms with E-state index in [0.717, 1.165) is 22.2 Å². The number of hydrogen-bond acceptors (Lipinski definition) is 6. The molecule has 4 aliphatic rings. The van der Waals surface area contributed by atoms with E-state index in [1.165, 1.54) is 24.3 Å². The molecule has 3 amide bonds. The lowest BCUT2D eigenvalue weighted by Crippen LogP contribution is -2.54. The van der Waals surface area contributed by atoms with Crippen LogP contribution in [-0.2, 0) is 19.9 Å². The molecule has 4 aliphatic heterocycles. The molecule has 10 heteroatoms. The van der Waals surface area contributed by atoms with Crippen molar-refractivity contribution in [2.24, 2.45) is 11.8 Å². The van der Waals surface area contributed by atoms with Gasteiger partial charge in [-0.2, -0.15) is 0 Å². The van der Waals surface area contributed by atoms with Gasteiger partial charge in [0.25, 0.3) is 5.69 Å². The fourth-order valence-corrected chi connectivity index (χ4v) is 6.51. The van der Waals surface area contributed by atoms with E-state index in [1.54, 1.807) is 6.07 Å². The molecule has 0 saturated carbocycles. The number of carbonyl (C=O) groups is 3. The summed E-state index contributed by atoms with van der Waals surface area (Å²) in [5.74, 6) is -2.57. The number of nitrogens with zero attached hydrogens (tertiary/aromatic N) is 3. The third-order valence-electron chi connectivity index (χ3n) is 7.27. The van der Waals surface area contributed by atoms with Crippen molar-refractivity contribution >= 4 is 50.7 Å². The van der Waals surface area contributed by atoms with Crippen LogP contribution in [0.25, 0.3) is 0 Å². The molecule has 32 heavy (non-hydrogen) atoms. The van der Waals surface area contributed by atoms with E-state index in [0.29, 0.717) is 17.8 Å². The van der Waals surface area contributed by atoms with Gasteiger partial charge in [0.2, 0.25) is 17.7 Å². The van der Waals surface area contributed by atoms with E-state index in [1.807, 2.05) is 12.1 Å². The largest absolute Gasteiger partial charge is 0.324 e. The summed E-state index contributed by atoms with van der Waals surface area (Å²) in [5.41, 5.74) is 0.280. The molecule has 0 aromatic heterocycles. The second kappa shape index (κ2) is 6.46. The van der Waals surface area contributed by atoms with Gasteiger partial charge in [-0.25, -0.2) is 4.90 Å².